The van der Waals surface area contributed by atoms with Gasteiger partial charge < -0.3 is 15.3 Å². The average molecular weight is 328 g/mol. The zero-order valence-electron chi connectivity index (χ0n) is 14.3. The molecule has 1 aromatic carbocycles. The van der Waals surface area contributed by atoms with E-state index in [0.717, 1.165) is 25.9 Å². The second-order valence-corrected chi connectivity index (χ2v) is 7.89. The van der Waals surface area contributed by atoms with Gasteiger partial charge in [-0.25, -0.2) is 4.79 Å². The highest BCUT2D eigenvalue weighted by Gasteiger charge is 2.56. The number of aliphatic hydroxyl groups excluding tert-OH is 1. The largest absolute Gasteiger partial charge is 0.396 e. The molecule has 4 rings (SSSR count). The Bertz CT molecular complexity index is 617. The molecule has 1 heterocycles. The van der Waals surface area contributed by atoms with Crippen LogP contribution in [0.1, 0.15) is 43.2 Å². The number of carbonyl (C=O) groups is 1. The molecule has 0 aromatic heterocycles. The summed E-state index contributed by atoms with van der Waals surface area (Å²) >= 11 is 0. The number of urea groups is 1. The van der Waals surface area contributed by atoms with E-state index in [9.17, 15) is 9.90 Å². The number of hydrogen-bond donors (Lipinski definition) is 2. The molecular weight excluding hydrogens is 300 g/mol. The first-order chi connectivity index (χ1) is 11.7. The summed E-state index contributed by atoms with van der Waals surface area (Å²) in [5.41, 5.74) is 3.38. The van der Waals surface area contributed by atoms with E-state index >= 15 is 0 Å². The molecule has 0 radical (unpaired) electrons. The first-order valence-electron chi connectivity index (χ1n) is 9.45. The SMILES string of the molecule is O=C(NCC1CC12CCCc1ccccc12)N1CCCC(CO)C1. The molecule has 2 fully saturated rings. The molecule has 3 aliphatic rings. The Morgan fingerprint density at radius 3 is 3.08 bits per heavy atom. The average Bonchev–Trinajstić information content (AvgIpc) is 3.33. The summed E-state index contributed by atoms with van der Waals surface area (Å²) in [6.45, 7) is 2.49. The molecular formula is C20H28N2O2. The third-order valence-corrected chi connectivity index (χ3v) is 6.42. The van der Waals surface area contributed by atoms with Crippen LogP contribution in [0.2, 0.25) is 0 Å². The Labute approximate surface area is 144 Å². The highest BCUT2D eigenvalue weighted by atomic mass is 16.3. The van der Waals surface area contributed by atoms with E-state index in [1.807, 2.05) is 4.90 Å². The van der Waals surface area contributed by atoms with Crippen molar-refractivity contribution in [1.82, 2.24) is 10.2 Å². The van der Waals surface area contributed by atoms with Crippen LogP contribution in [-0.2, 0) is 11.8 Å². The normalized spacial score (nSPS) is 31.6. The standard InChI is InChI=1S/C20H28N2O2/c23-14-15-5-4-10-22(13-15)19(24)21-12-17-11-20(17)9-3-7-16-6-1-2-8-18(16)20/h1-2,6,8,15,17,23H,3-5,7,9-14H2,(H,21,24). The van der Waals surface area contributed by atoms with Gasteiger partial charge in [-0.2, -0.15) is 0 Å². The van der Waals surface area contributed by atoms with Crippen LogP contribution in [0.3, 0.4) is 0 Å². The van der Waals surface area contributed by atoms with E-state index in [0.29, 0.717) is 17.9 Å². The maximum absolute atomic E-state index is 12.4. The van der Waals surface area contributed by atoms with Crippen LogP contribution in [0.25, 0.3) is 0 Å². The third kappa shape index (κ3) is 2.81. The van der Waals surface area contributed by atoms with Crippen molar-refractivity contribution in [1.29, 1.82) is 0 Å². The molecule has 3 unspecified atom stereocenters. The van der Waals surface area contributed by atoms with Gasteiger partial charge in [-0.3, -0.25) is 0 Å². The van der Waals surface area contributed by atoms with E-state index in [1.165, 1.54) is 36.8 Å². The number of aliphatic hydroxyl groups is 1. The molecule has 2 N–H and O–H groups in total. The zero-order valence-corrected chi connectivity index (χ0v) is 14.3. The fourth-order valence-electron chi connectivity index (χ4n) is 4.96. The Morgan fingerprint density at radius 2 is 2.21 bits per heavy atom. The molecule has 4 nitrogen and oxygen atoms in total. The van der Waals surface area contributed by atoms with Crippen LogP contribution in [-0.4, -0.2) is 42.3 Å². The number of benzene rings is 1. The highest BCUT2D eigenvalue weighted by molar-refractivity contribution is 5.74. The van der Waals surface area contributed by atoms with Crippen molar-refractivity contribution in [2.24, 2.45) is 11.8 Å². The summed E-state index contributed by atoms with van der Waals surface area (Å²) in [6, 6.07) is 8.92. The number of nitrogens with zero attached hydrogens (tertiary/aromatic N) is 1. The Kier molecular flexibility index (Phi) is 4.25. The molecule has 1 saturated carbocycles. The summed E-state index contributed by atoms with van der Waals surface area (Å²) in [6.07, 6.45) is 6.98. The molecule has 1 spiro atoms. The van der Waals surface area contributed by atoms with Gasteiger partial charge in [0.1, 0.15) is 0 Å². The predicted octanol–water partition coefficient (Wildman–Crippen LogP) is 2.69. The fourth-order valence-corrected chi connectivity index (χ4v) is 4.96. The summed E-state index contributed by atoms with van der Waals surface area (Å²) in [7, 11) is 0. The van der Waals surface area contributed by atoms with Crippen molar-refractivity contribution < 1.29 is 9.90 Å². The summed E-state index contributed by atoms with van der Waals surface area (Å²) in [5.74, 6) is 0.836. The summed E-state index contributed by atoms with van der Waals surface area (Å²) in [5, 5.41) is 12.5. The second-order valence-electron chi connectivity index (χ2n) is 7.89. The number of aryl methyl sites for hydroxylation is 1. The molecule has 3 atom stereocenters. The van der Waals surface area contributed by atoms with E-state index in [1.54, 1.807) is 0 Å². The number of fused-ring (bicyclic) bond motifs is 2. The molecule has 130 valence electrons. The van der Waals surface area contributed by atoms with Crippen molar-refractivity contribution in [3.05, 3.63) is 35.4 Å². The lowest BCUT2D eigenvalue weighted by Gasteiger charge is -2.32. The topological polar surface area (TPSA) is 52.6 Å². The molecule has 24 heavy (non-hydrogen) atoms. The Balaban J connectivity index is 1.35. The van der Waals surface area contributed by atoms with Gasteiger partial charge in [0.2, 0.25) is 0 Å². The van der Waals surface area contributed by atoms with E-state index in [2.05, 4.69) is 29.6 Å². The van der Waals surface area contributed by atoms with Gasteiger partial charge in [-0.1, -0.05) is 24.3 Å². The van der Waals surface area contributed by atoms with E-state index < -0.39 is 0 Å². The highest BCUT2D eigenvalue weighted by Crippen LogP contribution is 2.59. The molecule has 2 aliphatic carbocycles. The number of likely N-dealkylation sites (tertiary alicyclic amines) is 1. The van der Waals surface area contributed by atoms with Gasteiger partial charge in [0.05, 0.1) is 0 Å². The van der Waals surface area contributed by atoms with Crippen molar-refractivity contribution in [2.45, 2.75) is 43.9 Å². The van der Waals surface area contributed by atoms with Crippen molar-refractivity contribution in [2.75, 3.05) is 26.2 Å². The first-order valence-corrected chi connectivity index (χ1v) is 9.45. The third-order valence-electron chi connectivity index (χ3n) is 6.42. The van der Waals surface area contributed by atoms with Crippen LogP contribution in [0, 0.1) is 11.8 Å². The van der Waals surface area contributed by atoms with Gasteiger partial charge in [0.25, 0.3) is 0 Å². The van der Waals surface area contributed by atoms with E-state index in [-0.39, 0.29) is 18.6 Å². The number of nitrogens with one attached hydrogen (secondary N) is 1. The lowest BCUT2D eigenvalue weighted by Crippen LogP contribution is -2.46. The number of piperidine rings is 1. The Hall–Kier alpha value is -1.55. The van der Waals surface area contributed by atoms with Crippen LogP contribution in [0.4, 0.5) is 4.79 Å². The van der Waals surface area contributed by atoms with Crippen LogP contribution >= 0.6 is 0 Å². The van der Waals surface area contributed by atoms with Crippen LogP contribution < -0.4 is 5.32 Å². The monoisotopic (exact) mass is 328 g/mol. The molecule has 4 heteroatoms. The molecule has 0 bridgehead atoms. The van der Waals surface area contributed by atoms with E-state index in [4.69, 9.17) is 0 Å². The Morgan fingerprint density at radius 1 is 1.33 bits per heavy atom. The minimum Gasteiger partial charge on any atom is -0.396 e. The van der Waals surface area contributed by atoms with Crippen molar-refractivity contribution in [3.63, 3.8) is 0 Å². The van der Waals surface area contributed by atoms with Gasteiger partial charge in [0, 0.05) is 31.7 Å². The molecule has 1 saturated heterocycles. The number of rotatable bonds is 3. The summed E-state index contributed by atoms with van der Waals surface area (Å²) in [4.78, 5) is 14.3. The van der Waals surface area contributed by atoms with Gasteiger partial charge in [-0.05, 0) is 61.5 Å². The number of amides is 2. The minimum absolute atomic E-state index is 0.0549. The number of carbonyl (C=O) groups excluding carboxylic acids is 1. The predicted molar refractivity (Wildman–Crippen MR) is 93.9 cm³/mol. The van der Waals surface area contributed by atoms with Crippen LogP contribution in [0.5, 0.6) is 0 Å². The van der Waals surface area contributed by atoms with Crippen molar-refractivity contribution in [3.8, 4) is 0 Å². The van der Waals surface area contributed by atoms with Gasteiger partial charge in [-0.15, -0.1) is 0 Å². The number of hydrogen-bond acceptors (Lipinski definition) is 2. The minimum atomic E-state index is 0.0549. The quantitative estimate of drug-likeness (QED) is 0.896. The molecule has 1 aromatic rings. The lowest BCUT2D eigenvalue weighted by molar-refractivity contribution is 0.129. The lowest BCUT2D eigenvalue weighted by atomic mass is 9.78. The maximum Gasteiger partial charge on any atom is 0.317 e. The second kappa shape index (κ2) is 6.40. The zero-order chi connectivity index (χ0) is 16.6. The molecule has 1 aliphatic heterocycles. The fraction of sp³-hybridized carbons (Fsp3) is 0.650. The molecule has 2 amide bonds. The van der Waals surface area contributed by atoms with Crippen LogP contribution in [0.15, 0.2) is 24.3 Å². The van der Waals surface area contributed by atoms with Gasteiger partial charge >= 0.3 is 6.03 Å². The van der Waals surface area contributed by atoms with Gasteiger partial charge in [0.15, 0.2) is 0 Å². The summed E-state index contributed by atoms with van der Waals surface area (Å²) < 4.78 is 0. The maximum atomic E-state index is 12.4. The van der Waals surface area contributed by atoms with Crippen molar-refractivity contribution >= 4 is 6.03 Å². The first kappa shape index (κ1) is 15.9. The smallest absolute Gasteiger partial charge is 0.317 e.